The van der Waals surface area contributed by atoms with Gasteiger partial charge in [0.1, 0.15) is 19.3 Å². The number of esters is 4. The standard InChI is InChI=1S/C80H152O17P2/c1-7-9-11-13-15-17-19-21-23-24-25-26-27-28-29-31-33-35-37-46-52-58-64-79(84)96-75(68-90-77(82)62-56-50-44-36-34-32-30-22-20-18-16-14-12-10-8-2)70-94-98(86,87)92-66-74(81)67-93-99(88,89)95-71-76(97-80(85)65-59-53-47-41-39-43-49-55-61-73(5)6)69-91-78(83)63-57-51-45-40-38-42-48-54-60-72(3)4/h18,20,22,30,72-76,81H,7-17,19,21,23-29,31-71H2,1-6H3,(H,86,87)(H,88,89)/b20-18-,30-22-/t74-,75-,76-/m1/s1. The van der Waals surface area contributed by atoms with E-state index in [0.717, 1.165) is 115 Å². The third kappa shape index (κ3) is 73.6. The van der Waals surface area contributed by atoms with E-state index in [9.17, 15) is 43.2 Å². The highest BCUT2D eigenvalue weighted by molar-refractivity contribution is 7.47. The van der Waals surface area contributed by atoms with Gasteiger partial charge in [-0.25, -0.2) is 9.13 Å². The van der Waals surface area contributed by atoms with Crippen LogP contribution in [0.2, 0.25) is 0 Å². The van der Waals surface area contributed by atoms with E-state index >= 15 is 0 Å². The second-order valence-corrected chi connectivity index (χ2v) is 32.0. The first kappa shape index (κ1) is 96.5. The summed E-state index contributed by atoms with van der Waals surface area (Å²) in [6.45, 7) is 9.47. The van der Waals surface area contributed by atoms with E-state index in [4.69, 9.17) is 37.0 Å². The quantitative estimate of drug-likeness (QED) is 0.0169. The van der Waals surface area contributed by atoms with Crippen molar-refractivity contribution in [2.45, 2.75) is 413 Å². The number of rotatable bonds is 77. The van der Waals surface area contributed by atoms with Gasteiger partial charge in [-0.1, -0.05) is 342 Å². The molecule has 0 spiro atoms. The highest BCUT2D eigenvalue weighted by atomic mass is 31.2. The highest BCUT2D eigenvalue weighted by Gasteiger charge is 2.30. The van der Waals surface area contributed by atoms with Crippen LogP contribution in [-0.4, -0.2) is 96.7 Å². The number of carbonyl (C=O) groups excluding carboxylic acids is 4. The first-order chi connectivity index (χ1) is 47.9. The Morgan fingerprint density at radius 1 is 0.313 bits per heavy atom. The van der Waals surface area contributed by atoms with E-state index < -0.39 is 97.5 Å². The number of ether oxygens (including phenoxy) is 4. The molecule has 99 heavy (non-hydrogen) atoms. The molecule has 0 heterocycles. The Morgan fingerprint density at radius 3 is 0.828 bits per heavy atom. The van der Waals surface area contributed by atoms with Crippen LogP contribution in [0.25, 0.3) is 0 Å². The van der Waals surface area contributed by atoms with Gasteiger partial charge in [0.2, 0.25) is 0 Å². The molecular weight excluding hydrogens is 1290 g/mol. The zero-order valence-corrected chi connectivity index (χ0v) is 66.1. The summed E-state index contributed by atoms with van der Waals surface area (Å²) in [4.78, 5) is 72.9. The van der Waals surface area contributed by atoms with Crippen LogP contribution in [0.3, 0.4) is 0 Å². The summed E-state index contributed by atoms with van der Waals surface area (Å²) < 4.78 is 68.6. The molecule has 0 amide bonds. The van der Waals surface area contributed by atoms with E-state index in [1.807, 2.05) is 0 Å². The zero-order chi connectivity index (χ0) is 72.8. The number of carbonyl (C=O) groups is 4. The smallest absolute Gasteiger partial charge is 0.462 e. The molecule has 0 aromatic heterocycles. The Hall–Kier alpha value is -2.46. The van der Waals surface area contributed by atoms with Gasteiger partial charge in [-0.2, -0.15) is 0 Å². The van der Waals surface area contributed by atoms with Crippen LogP contribution in [0.1, 0.15) is 395 Å². The third-order valence-corrected chi connectivity index (χ3v) is 20.0. The Morgan fingerprint density at radius 2 is 0.545 bits per heavy atom. The number of aliphatic hydroxyl groups excluding tert-OH is 1. The Bertz CT molecular complexity index is 2000. The molecule has 0 saturated heterocycles. The average molecular weight is 1450 g/mol. The molecule has 0 aromatic rings. The minimum absolute atomic E-state index is 0.102. The zero-order valence-electron chi connectivity index (χ0n) is 64.3. The maximum absolute atomic E-state index is 13.1. The van der Waals surface area contributed by atoms with Gasteiger partial charge in [-0.05, 0) is 63.2 Å². The van der Waals surface area contributed by atoms with Crippen molar-refractivity contribution < 1.29 is 80.2 Å². The fourth-order valence-electron chi connectivity index (χ4n) is 11.8. The summed E-state index contributed by atoms with van der Waals surface area (Å²) in [6, 6.07) is 0. The van der Waals surface area contributed by atoms with Gasteiger partial charge in [-0.15, -0.1) is 0 Å². The normalized spacial score (nSPS) is 14.1. The van der Waals surface area contributed by atoms with Crippen molar-refractivity contribution in [3.63, 3.8) is 0 Å². The van der Waals surface area contributed by atoms with Gasteiger partial charge in [0.05, 0.1) is 26.4 Å². The van der Waals surface area contributed by atoms with Crippen LogP contribution in [0.15, 0.2) is 24.3 Å². The maximum atomic E-state index is 13.1. The molecule has 0 saturated carbocycles. The number of allylic oxidation sites excluding steroid dienone is 4. The van der Waals surface area contributed by atoms with E-state index in [1.165, 1.54) is 193 Å². The fourth-order valence-corrected chi connectivity index (χ4v) is 13.4. The minimum Gasteiger partial charge on any atom is -0.462 e. The van der Waals surface area contributed by atoms with Crippen molar-refractivity contribution in [3.05, 3.63) is 24.3 Å². The average Bonchev–Trinajstić information content (AvgIpc) is 1.19. The van der Waals surface area contributed by atoms with Crippen molar-refractivity contribution in [2.75, 3.05) is 39.6 Å². The molecule has 0 radical (unpaired) electrons. The summed E-state index contributed by atoms with van der Waals surface area (Å²) in [5.41, 5.74) is 0. The molecule has 0 bridgehead atoms. The third-order valence-electron chi connectivity index (χ3n) is 18.1. The molecular formula is C80H152O17P2. The minimum atomic E-state index is -4.97. The Kier molecular flexibility index (Phi) is 69.4. The molecule has 5 atom stereocenters. The van der Waals surface area contributed by atoms with Crippen LogP contribution >= 0.6 is 15.6 Å². The molecule has 0 fully saturated rings. The largest absolute Gasteiger partial charge is 0.472 e. The van der Waals surface area contributed by atoms with Crippen LogP contribution in [0, 0.1) is 11.8 Å². The number of aliphatic hydroxyl groups is 1. The van der Waals surface area contributed by atoms with Gasteiger partial charge in [0, 0.05) is 25.7 Å². The molecule has 0 aliphatic rings. The lowest BCUT2D eigenvalue weighted by Gasteiger charge is -2.21. The molecule has 0 aliphatic carbocycles. The Labute approximate surface area is 605 Å². The molecule has 3 N–H and O–H groups in total. The number of hydrogen-bond acceptors (Lipinski definition) is 15. The first-order valence-corrected chi connectivity index (χ1v) is 43.8. The lowest BCUT2D eigenvalue weighted by molar-refractivity contribution is -0.161. The van der Waals surface area contributed by atoms with Crippen molar-refractivity contribution in [2.24, 2.45) is 11.8 Å². The van der Waals surface area contributed by atoms with E-state index in [1.54, 1.807) is 0 Å². The first-order valence-electron chi connectivity index (χ1n) is 40.8. The topological polar surface area (TPSA) is 237 Å². The highest BCUT2D eigenvalue weighted by Crippen LogP contribution is 2.45. The lowest BCUT2D eigenvalue weighted by atomic mass is 10.0. The molecule has 2 unspecified atom stereocenters. The van der Waals surface area contributed by atoms with E-state index in [-0.39, 0.29) is 25.7 Å². The van der Waals surface area contributed by atoms with Crippen molar-refractivity contribution in [1.29, 1.82) is 0 Å². The molecule has 0 aromatic carbocycles. The van der Waals surface area contributed by atoms with Gasteiger partial charge in [-0.3, -0.25) is 37.3 Å². The molecule has 19 heteroatoms. The van der Waals surface area contributed by atoms with Gasteiger partial charge >= 0.3 is 39.5 Å². The summed E-state index contributed by atoms with van der Waals surface area (Å²) in [5.74, 6) is -0.704. The predicted octanol–water partition coefficient (Wildman–Crippen LogP) is 23.4. The molecule has 17 nitrogen and oxygen atoms in total. The van der Waals surface area contributed by atoms with Crippen LogP contribution < -0.4 is 0 Å². The van der Waals surface area contributed by atoms with Gasteiger partial charge < -0.3 is 33.8 Å². The van der Waals surface area contributed by atoms with Crippen LogP contribution in [0.4, 0.5) is 0 Å². The molecule has 0 rings (SSSR count). The van der Waals surface area contributed by atoms with E-state index in [2.05, 4.69) is 65.8 Å². The number of phosphoric acid groups is 2. The van der Waals surface area contributed by atoms with Crippen molar-refractivity contribution >= 4 is 39.5 Å². The number of unbranched alkanes of at least 4 members (excludes halogenated alkanes) is 44. The monoisotopic (exact) mass is 1450 g/mol. The summed E-state index contributed by atoms with van der Waals surface area (Å²) >= 11 is 0. The number of phosphoric ester groups is 2. The van der Waals surface area contributed by atoms with E-state index in [0.29, 0.717) is 31.6 Å². The van der Waals surface area contributed by atoms with Gasteiger partial charge in [0.15, 0.2) is 12.2 Å². The van der Waals surface area contributed by atoms with Crippen molar-refractivity contribution in [1.82, 2.24) is 0 Å². The summed E-state index contributed by atoms with van der Waals surface area (Å²) in [7, 11) is -9.93. The predicted molar refractivity (Wildman–Crippen MR) is 404 cm³/mol. The number of hydrogen-bond donors (Lipinski definition) is 3. The summed E-state index contributed by atoms with van der Waals surface area (Å²) in [5, 5.41) is 10.6. The summed E-state index contributed by atoms with van der Waals surface area (Å²) in [6.07, 6.45) is 63.5. The van der Waals surface area contributed by atoms with Crippen LogP contribution in [0.5, 0.6) is 0 Å². The lowest BCUT2D eigenvalue weighted by Crippen LogP contribution is -2.30. The van der Waals surface area contributed by atoms with Gasteiger partial charge in [0.25, 0.3) is 0 Å². The second kappa shape index (κ2) is 71.2. The SMILES string of the molecule is CCCCCC/C=C\C=C/CCCCCCCC(=O)OC[C@H](COP(=O)(O)OC[C@@H](O)COP(=O)(O)OC[C@@H](COC(=O)CCCCCCCCCCC(C)C)OC(=O)CCCCCCCCCCC(C)C)OC(=O)CCCCCCCCCCCCCCCCCCCCCCCC. The molecule has 0 aliphatic heterocycles. The fraction of sp³-hybridized carbons (Fsp3) is 0.900. The second-order valence-electron chi connectivity index (χ2n) is 29.1. The maximum Gasteiger partial charge on any atom is 0.472 e. The van der Waals surface area contributed by atoms with Crippen molar-refractivity contribution in [3.8, 4) is 0 Å². The molecule has 584 valence electrons. The Balaban J connectivity index is 5.23. The van der Waals surface area contributed by atoms with Crippen LogP contribution in [-0.2, 0) is 65.4 Å².